The molecule has 0 saturated carbocycles. The van der Waals surface area contributed by atoms with E-state index in [0.29, 0.717) is 0 Å². The van der Waals surface area contributed by atoms with Crippen molar-refractivity contribution in [3.8, 4) is 0 Å². The summed E-state index contributed by atoms with van der Waals surface area (Å²) in [7, 11) is 4.30. The third-order valence-electron chi connectivity index (χ3n) is 4.60. The first-order chi connectivity index (χ1) is 11.5. The molecule has 2 rings (SSSR count). The maximum Gasteiger partial charge on any atom is 0.228 e. The van der Waals surface area contributed by atoms with Gasteiger partial charge in [0.2, 0.25) is 5.91 Å². The predicted molar refractivity (Wildman–Crippen MR) is 106 cm³/mol. The Morgan fingerprint density at radius 1 is 1.29 bits per heavy atom. The van der Waals surface area contributed by atoms with E-state index < -0.39 is 0 Å². The number of nitrogens with one attached hydrogen (secondary N) is 1. The molecule has 0 spiro atoms. The van der Waals surface area contributed by atoms with E-state index in [9.17, 15) is 4.79 Å². The highest BCUT2D eigenvalue weighted by molar-refractivity contribution is 7.98. The van der Waals surface area contributed by atoms with Gasteiger partial charge in [-0.25, -0.2) is 0 Å². The van der Waals surface area contributed by atoms with Crippen LogP contribution in [0.5, 0.6) is 0 Å². The van der Waals surface area contributed by atoms with Crippen molar-refractivity contribution in [1.29, 1.82) is 0 Å². The zero-order chi connectivity index (χ0) is 17.5. The Morgan fingerprint density at radius 2 is 1.92 bits per heavy atom. The topological polar surface area (TPSA) is 35.6 Å². The molecule has 1 aliphatic heterocycles. The monoisotopic (exact) mass is 349 g/mol. The van der Waals surface area contributed by atoms with Crippen LogP contribution in [0.4, 0.5) is 11.4 Å². The first-order valence-corrected chi connectivity index (χ1v) is 10.2. The molecule has 1 unspecified atom stereocenters. The Kier molecular flexibility index (Phi) is 7.43. The molecule has 134 valence electrons. The van der Waals surface area contributed by atoms with E-state index in [1.54, 1.807) is 11.8 Å². The van der Waals surface area contributed by atoms with Crippen LogP contribution in [0, 0.1) is 11.8 Å². The highest BCUT2D eigenvalue weighted by Gasteiger charge is 2.20. The minimum absolute atomic E-state index is 0.0374. The SMILES string of the molecule is CSCC(C)C(=O)Nc1ccc(N2CCC(CN(C)C)CC2)cc1. The van der Waals surface area contributed by atoms with E-state index in [-0.39, 0.29) is 11.8 Å². The van der Waals surface area contributed by atoms with Crippen molar-refractivity contribution in [3.63, 3.8) is 0 Å². The van der Waals surface area contributed by atoms with Gasteiger partial charge >= 0.3 is 0 Å². The average Bonchev–Trinajstić information content (AvgIpc) is 2.56. The zero-order valence-electron chi connectivity index (χ0n) is 15.4. The molecule has 1 heterocycles. The summed E-state index contributed by atoms with van der Waals surface area (Å²) >= 11 is 1.70. The molecule has 1 fully saturated rings. The number of carbonyl (C=O) groups is 1. The van der Waals surface area contributed by atoms with Crippen LogP contribution in [0.1, 0.15) is 19.8 Å². The second-order valence-electron chi connectivity index (χ2n) is 7.09. The van der Waals surface area contributed by atoms with Crippen LogP contribution in [0.15, 0.2) is 24.3 Å². The predicted octanol–water partition coefficient (Wildman–Crippen LogP) is 3.40. The van der Waals surface area contributed by atoms with Crippen LogP contribution in [0.3, 0.4) is 0 Å². The number of anilines is 2. The number of hydrogen-bond donors (Lipinski definition) is 1. The van der Waals surface area contributed by atoms with Crippen molar-refractivity contribution in [3.05, 3.63) is 24.3 Å². The fourth-order valence-corrected chi connectivity index (χ4v) is 3.89. The molecule has 1 saturated heterocycles. The second-order valence-corrected chi connectivity index (χ2v) is 8.00. The van der Waals surface area contributed by atoms with E-state index in [1.165, 1.54) is 25.1 Å². The van der Waals surface area contributed by atoms with Gasteiger partial charge in [-0.05, 0) is 63.4 Å². The molecule has 1 N–H and O–H groups in total. The smallest absolute Gasteiger partial charge is 0.228 e. The van der Waals surface area contributed by atoms with Gasteiger partial charge in [0, 0.05) is 42.7 Å². The molecule has 1 amide bonds. The summed E-state index contributed by atoms with van der Waals surface area (Å²) in [5, 5.41) is 3.01. The van der Waals surface area contributed by atoms with Crippen LogP contribution >= 0.6 is 11.8 Å². The Morgan fingerprint density at radius 3 is 2.46 bits per heavy atom. The van der Waals surface area contributed by atoms with Crippen LogP contribution < -0.4 is 10.2 Å². The quantitative estimate of drug-likeness (QED) is 0.818. The number of hydrogen-bond acceptors (Lipinski definition) is 4. The standard InChI is InChI=1S/C19H31N3OS/c1-15(14-24-4)19(23)20-17-5-7-18(8-6-17)22-11-9-16(10-12-22)13-21(2)3/h5-8,15-16H,9-14H2,1-4H3,(H,20,23). The molecule has 0 aliphatic carbocycles. The third-order valence-corrected chi connectivity index (χ3v) is 5.44. The Bertz CT molecular complexity index is 510. The van der Waals surface area contributed by atoms with Crippen molar-refractivity contribution in [2.75, 3.05) is 56.0 Å². The fraction of sp³-hybridized carbons (Fsp3) is 0.632. The average molecular weight is 350 g/mol. The number of benzene rings is 1. The molecule has 1 aromatic rings. The molecule has 4 nitrogen and oxygen atoms in total. The number of carbonyl (C=O) groups excluding carboxylic acids is 1. The first-order valence-electron chi connectivity index (χ1n) is 8.79. The Hall–Kier alpha value is -1.20. The summed E-state index contributed by atoms with van der Waals surface area (Å²) in [4.78, 5) is 16.8. The summed E-state index contributed by atoms with van der Waals surface area (Å²) < 4.78 is 0. The minimum atomic E-state index is 0.0374. The number of piperidine rings is 1. The second kappa shape index (κ2) is 9.33. The molecular formula is C19H31N3OS. The summed E-state index contributed by atoms with van der Waals surface area (Å²) in [5.74, 6) is 1.80. The van der Waals surface area contributed by atoms with Crippen LogP contribution in [-0.4, -0.2) is 56.5 Å². The van der Waals surface area contributed by atoms with Crippen molar-refractivity contribution in [2.45, 2.75) is 19.8 Å². The molecular weight excluding hydrogens is 318 g/mol. The zero-order valence-corrected chi connectivity index (χ0v) is 16.2. The lowest BCUT2D eigenvalue weighted by Gasteiger charge is -2.34. The van der Waals surface area contributed by atoms with Crippen molar-refractivity contribution in [2.24, 2.45) is 11.8 Å². The largest absolute Gasteiger partial charge is 0.372 e. The number of nitrogens with zero attached hydrogens (tertiary/aromatic N) is 2. The maximum absolute atomic E-state index is 12.1. The minimum Gasteiger partial charge on any atom is -0.372 e. The maximum atomic E-state index is 12.1. The number of amides is 1. The van der Waals surface area contributed by atoms with Gasteiger partial charge in [0.25, 0.3) is 0 Å². The molecule has 0 aromatic heterocycles. The molecule has 1 atom stereocenters. The highest BCUT2D eigenvalue weighted by atomic mass is 32.2. The molecule has 0 bridgehead atoms. The summed E-state index contributed by atoms with van der Waals surface area (Å²) in [6.07, 6.45) is 4.53. The molecule has 5 heteroatoms. The summed E-state index contributed by atoms with van der Waals surface area (Å²) in [5.41, 5.74) is 2.15. The van der Waals surface area contributed by atoms with Crippen molar-refractivity contribution < 1.29 is 4.79 Å². The first kappa shape index (κ1) is 19.1. The van der Waals surface area contributed by atoms with E-state index in [4.69, 9.17) is 0 Å². The Balaban J connectivity index is 1.85. The fourth-order valence-electron chi connectivity index (χ4n) is 3.24. The molecule has 1 aliphatic rings. The number of thioether (sulfide) groups is 1. The highest BCUT2D eigenvalue weighted by Crippen LogP contribution is 2.25. The van der Waals surface area contributed by atoms with Gasteiger partial charge in [-0.15, -0.1) is 0 Å². The van der Waals surface area contributed by atoms with Crippen molar-refractivity contribution in [1.82, 2.24) is 4.90 Å². The van der Waals surface area contributed by atoms with E-state index in [2.05, 4.69) is 41.3 Å². The third kappa shape index (κ3) is 5.71. The summed E-state index contributed by atoms with van der Waals surface area (Å²) in [6.45, 7) is 5.40. The van der Waals surface area contributed by atoms with Gasteiger partial charge in [0.05, 0.1) is 0 Å². The Labute approximate surface area is 151 Å². The van der Waals surface area contributed by atoms with Gasteiger partial charge in [0.15, 0.2) is 0 Å². The van der Waals surface area contributed by atoms with Gasteiger partial charge in [-0.3, -0.25) is 4.79 Å². The lowest BCUT2D eigenvalue weighted by atomic mass is 9.96. The van der Waals surface area contributed by atoms with Crippen LogP contribution in [-0.2, 0) is 4.79 Å². The van der Waals surface area contributed by atoms with Crippen molar-refractivity contribution >= 4 is 29.0 Å². The molecule has 24 heavy (non-hydrogen) atoms. The lowest BCUT2D eigenvalue weighted by molar-refractivity contribution is -0.118. The van der Waals surface area contributed by atoms with E-state index in [1.807, 2.05) is 25.3 Å². The molecule has 1 aromatic carbocycles. The summed E-state index contributed by atoms with van der Waals surface area (Å²) in [6, 6.07) is 8.29. The van der Waals surface area contributed by atoms with E-state index >= 15 is 0 Å². The number of rotatable bonds is 7. The van der Waals surface area contributed by atoms with Crippen LogP contribution in [0.25, 0.3) is 0 Å². The van der Waals surface area contributed by atoms with Gasteiger partial charge in [-0.1, -0.05) is 6.92 Å². The molecule has 0 radical (unpaired) electrons. The van der Waals surface area contributed by atoms with E-state index in [0.717, 1.165) is 30.4 Å². The normalized spacial score (nSPS) is 17.1. The van der Waals surface area contributed by atoms with Gasteiger partial charge in [0.1, 0.15) is 0 Å². The lowest BCUT2D eigenvalue weighted by Crippen LogP contribution is -2.37. The van der Waals surface area contributed by atoms with Crippen LogP contribution in [0.2, 0.25) is 0 Å². The van der Waals surface area contributed by atoms with Gasteiger partial charge in [-0.2, -0.15) is 11.8 Å². The van der Waals surface area contributed by atoms with Gasteiger partial charge < -0.3 is 15.1 Å².